The number of benzene rings is 2. The average Bonchev–Trinajstić information content (AvgIpc) is 3.50. The second kappa shape index (κ2) is 10.1. The Balaban J connectivity index is 1.68. The Morgan fingerprint density at radius 3 is 2.38 bits per heavy atom. The number of carbonyl (C=O) groups is 2. The third-order valence-electron chi connectivity index (χ3n) is 6.09. The number of hydrogen-bond acceptors (Lipinski definition) is 5. The molecular formula is C26H18Cl2FN3O4S. The topological polar surface area (TPSA) is 103 Å². The van der Waals surface area contributed by atoms with Crippen molar-refractivity contribution < 1.29 is 19.1 Å². The number of hydrogen-bond donors (Lipinski definition) is 2. The van der Waals surface area contributed by atoms with Gasteiger partial charge in [-0.05, 0) is 35.4 Å². The lowest BCUT2D eigenvalue weighted by Gasteiger charge is -2.23. The Hall–Kier alpha value is -3.53. The van der Waals surface area contributed by atoms with Crippen LogP contribution >= 0.6 is 34.5 Å². The highest BCUT2D eigenvalue weighted by molar-refractivity contribution is 7.09. The Morgan fingerprint density at radius 2 is 1.73 bits per heavy atom. The van der Waals surface area contributed by atoms with E-state index in [-0.39, 0.29) is 17.7 Å². The summed E-state index contributed by atoms with van der Waals surface area (Å²) >= 11 is 13.5. The van der Waals surface area contributed by atoms with Crippen molar-refractivity contribution in [3.8, 4) is 11.1 Å². The van der Waals surface area contributed by atoms with Crippen LogP contribution in [-0.4, -0.2) is 38.9 Å². The van der Waals surface area contributed by atoms with Crippen molar-refractivity contribution in [2.75, 3.05) is 0 Å². The van der Waals surface area contributed by atoms with E-state index in [1.807, 2.05) is 10.8 Å². The number of nitrogens with one attached hydrogen (secondary N) is 1. The molecule has 4 aromatic rings. The largest absolute Gasteiger partial charge is 0.481 e. The van der Waals surface area contributed by atoms with Crippen LogP contribution in [-0.2, 0) is 9.59 Å². The molecule has 0 saturated heterocycles. The highest BCUT2D eigenvalue weighted by Gasteiger charge is 2.38. The number of aromatic nitrogens is 1. The molecule has 1 aliphatic rings. The highest BCUT2D eigenvalue weighted by atomic mass is 35.5. The van der Waals surface area contributed by atoms with E-state index < -0.39 is 36.1 Å². The van der Waals surface area contributed by atoms with Crippen LogP contribution in [0.4, 0.5) is 4.39 Å². The lowest BCUT2D eigenvalue weighted by atomic mass is 9.92. The van der Waals surface area contributed by atoms with Gasteiger partial charge in [-0.15, -0.1) is 11.3 Å². The third kappa shape index (κ3) is 4.90. The molecule has 3 heterocycles. The number of halogens is 3. The quantitative estimate of drug-likeness (QED) is 0.301. The Morgan fingerprint density at radius 1 is 1.08 bits per heavy atom. The number of aromatic amines is 1. The Bertz CT molecular complexity index is 1600. The normalized spacial score (nSPS) is 16.1. The van der Waals surface area contributed by atoms with E-state index in [2.05, 4.69) is 10.1 Å². The number of aliphatic carboxylic acids is 1. The van der Waals surface area contributed by atoms with Crippen LogP contribution in [0.3, 0.4) is 0 Å². The smallest absolute Gasteiger partial charge is 0.306 e. The molecule has 1 aliphatic heterocycles. The first kappa shape index (κ1) is 25.1. The molecule has 5 rings (SSSR count). The van der Waals surface area contributed by atoms with Crippen LogP contribution in [0.5, 0.6) is 0 Å². The second-order valence-corrected chi connectivity index (χ2v) is 10.1. The molecule has 7 nitrogen and oxygen atoms in total. The molecule has 1 unspecified atom stereocenters. The Labute approximate surface area is 223 Å². The molecule has 188 valence electrons. The van der Waals surface area contributed by atoms with Crippen molar-refractivity contribution in [3.05, 3.63) is 90.8 Å². The van der Waals surface area contributed by atoms with Gasteiger partial charge in [-0.1, -0.05) is 47.5 Å². The molecule has 1 amide bonds. The van der Waals surface area contributed by atoms with E-state index in [1.54, 1.807) is 48.5 Å². The summed E-state index contributed by atoms with van der Waals surface area (Å²) in [5.41, 5.74) is 2.70. The minimum atomic E-state index is -2.30. The predicted octanol–water partition coefficient (Wildman–Crippen LogP) is 6.05. The van der Waals surface area contributed by atoms with E-state index in [0.717, 1.165) is 16.0 Å². The van der Waals surface area contributed by atoms with Crippen LogP contribution in [0.2, 0.25) is 10.0 Å². The molecule has 11 heteroatoms. The van der Waals surface area contributed by atoms with Gasteiger partial charge in [0.15, 0.2) is 6.17 Å². The molecule has 0 bridgehead atoms. The fourth-order valence-electron chi connectivity index (χ4n) is 4.41. The number of thiophene rings is 1. The molecule has 2 aromatic carbocycles. The number of alkyl halides is 1. The zero-order chi connectivity index (χ0) is 26.3. The van der Waals surface area contributed by atoms with Gasteiger partial charge < -0.3 is 10.1 Å². The summed E-state index contributed by atoms with van der Waals surface area (Å²) in [5, 5.41) is 19.9. The first-order valence-electron chi connectivity index (χ1n) is 11.1. The lowest BCUT2D eigenvalue weighted by Crippen LogP contribution is -2.35. The molecule has 2 N–H and O–H groups in total. The summed E-state index contributed by atoms with van der Waals surface area (Å²) in [5.74, 6) is -2.55. The summed E-state index contributed by atoms with van der Waals surface area (Å²) in [6.07, 6.45) is -3.19. The maximum atomic E-state index is 14.7. The fraction of sp³-hybridized carbons (Fsp3) is 0.154. The molecule has 0 spiro atoms. The van der Waals surface area contributed by atoms with Gasteiger partial charge in [0.1, 0.15) is 0 Å². The summed E-state index contributed by atoms with van der Waals surface area (Å²) in [4.78, 5) is 40.3. The van der Waals surface area contributed by atoms with Crippen molar-refractivity contribution >= 4 is 63.0 Å². The number of H-pyrrole nitrogens is 1. The van der Waals surface area contributed by atoms with Gasteiger partial charge in [0.25, 0.3) is 11.5 Å². The van der Waals surface area contributed by atoms with Gasteiger partial charge in [-0.2, -0.15) is 5.10 Å². The average molecular weight is 558 g/mol. The van der Waals surface area contributed by atoms with Crippen molar-refractivity contribution in [2.24, 2.45) is 5.10 Å². The number of amides is 1. The van der Waals surface area contributed by atoms with Crippen LogP contribution in [0.25, 0.3) is 22.0 Å². The summed E-state index contributed by atoms with van der Waals surface area (Å²) in [6.45, 7) is 0. The Kier molecular flexibility index (Phi) is 6.85. The predicted molar refractivity (Wildman–Crippen MR) is 142 cm³/mol. The molecule has 0 aliphatic carbocycles. The van der Waals surface area contributed by atoms with Gasteiger partial charge in [0, 0.05) is 38.2 Å². The molecule has 2 atom stereocenters. The summed E-state index contributed by atoms with van der Waals surface area (Å²) in [6, 6.07) is 12.9. The first-order chi connectivity index (χ1) is 17.7. The van der Waals surface area contributed by atoms with E-state index >= 15 is 0 Å². The van der Waals surface area contributed by atoms with Gasteiger partial charge in [0.2, 0.25) is 0 Å². The number of pyridine rings is 1. The summed E-state index contributed by atoms with van der Waals surface area (Å²) < 4.78 is 14.7. The van der Waals surface area contributed by atoms with Gasteiger partial charge in [-0.25, -0.2) is 9.40 Å². The number of fused-ring (bicyclic) bond motifs is 1. The van der Waals surface area contributed by atoms with Crippen LogP contribution < -0.4 is 5.56 Å². The van der Waals surface area contributed by atoms with Gasteiger partial charge >= 0.3 is 5.97 Å². The molecule has 0 fully saturated rings. The third-order valence-corrected chi connectivity index (χ3v) is 7.34. The number of rotatable bonds is 6. The fourth-order valence-corrected chi connectivity index (χ4v) is 5.43. The number of carboxylic acid groups (broad SMARTS) is 1. The number of nitrogens with zero attached hydrogens (tertiary/aromatic N) is 2. The van der Waals surface area contributed by atoms with E-state index in [1.165, 1.54) is 11.3 Å². The maximum absolute atomic E-state index is 14.7. The van der Waals surface area contributed by atoms with Crippen LogP contribution in [0, 0.1) is 0 Å². The standard InChI is InChI=1S/C26H18Cl2FN3O4S/c27-15-5-1-13(2-6-15)21-10-19(31-32(21)26(36)18(29)9-22(33)34)24-23(14-3-7-16(28)8-4-14)17-11-37-12-20(17)30-25(24)35/h1-8,11-12,18,21H,9-10H2,(H,30,35)(H,33,34)/t18?,21-/m0/s1. The summed E-state index contributed by atoms with van der Waals surface area (Å²) in [7, 11) is 0. The molecule has 0 saturated carbocycles. The highest BCUT2D eigenvalue weighted by Crippen LogP contribution is 2.38. The monoisotopic (exact) mass is 557 g/mol. The molecule has 0 radical (unpaired) electrons. The van der Waals surface area contributed by atoms with Crippen molar-refractivity contribution in [1.82, 2.24) is 9.99 Å². The number of carbonyl (C=O) groups excluding carboxylic acids is 1. The second-order valence-electron chi connectivity index (χ2n) is 8.48. The minimum absolute atomic E-state index is 0.104. The lowest BCUT2D eigenvalue weighted by molar-refractivity contribution is -0.146. The zero-order valence-electron chi connectivity index (χ0n) is 19.0. The SMILES string of the molecule is O=C(O)CC(F)C(=O)N1N=C(c2c(-c3ccc(Cl)cc3)c3cscc3[nH]c2=O)C[C@H]1c1ccc(Cl)cc1. The van der Waals surface area contributed by atoms with Crippen molar-refractivity contribution in [1.29, 1.82) is 0 Å². The van der Waals surface area contributed by atoms with Crippen LogP contribution in [0.1, 0.15) is 30.0 Å². The molecule has 2 aromatic heterocycles. The van der Waals surface area contributed by atoms with Gasteiger partial charge in [0.05, 0.1) is 29.3 Å². The van der Waals surface area contributed by atoms with E-state index in [4.69, 9.17) is 28.3 Å². The first-order valence-corrected chi connectivity index (χ1v) is 12.8. The molecular weight excluding hydrogens is 540 g/mol. The van der Waals surface area contributed by atoms with Crippen LogP contribution in [0.15, 0.2) is 69.2 Å². The maximum Gasteiger partial charge on any atom is 0.306 e. The van der Waals surface area contributed by atoms with E-state index in [0.29, 0.717) is 26.7 Å². The zero-order valence-corrected chi connectivity index (χ0v) is 21.3. The van der Waals surface area contributed by atoms with E-state index in [9.17, 15) is 18.8 Å². The minimum Gasteiger partial charge on any atom is -0.481 e. The number of hydrazone groups is 1. The van der Waals surface area contributed by atoms with Crippen molar-refractivity contribution in [2.45, 2.75) is 25.1 Å². The number of carboxylic acids is 1. The van der Waals surface area contributed by atoms with Gasteiger partial charge in [-0.3, -0.25) is 14.4 Å². The van der Waals surface area contributed by atoms with Crippen molar-refractivity contribution in [3.63, 3.8) is 0 Å². The molecule has 37 heavy (non-hydrogen) atoms.